The third-order valence-corrected chi connectivity index (χ3v) is 2.58. The van der Waals surface area contributed by atoms with Gasteiger partial charge in [-0.05, 0) is 6.92 Å². The Bertz CT molecular complexity index is 380. The molecular formula is C9H13N3O4S. The molecule has 4 N–H and O–H groups in total. The zero-order chi connectivity index (χ0) is 12.8. The third kappa shape index (κ3) is 4.37. The largest absolute Gasteiger partial charge is 0.480 e. The van der Waals surface area contributed by atoms with E-state index in [0.717, 1.165) is 0 Å². The fourth-order valence-electron chi connectivity index (χ4n) is 1.08. The molecule has 1 aromatic heterocycles. The molecule has 1 aromatic rings. The second kappa shape index (κ2) is 6.16. The van der Waals surface area contributed by atoms with Crippen molar-refractivity contribution in [3.8, 4) is 0 Å². The van der Waals surface area contributed by atoms with Crippen LogP contribution in [-0.2, 0) is 11.3 Å². The van der Waals surface area contributed by atoms with Gasteiger partial charge in [-0.3, -0.25) is 0 Å². The van der Waals surface area contributed by atoms with Crippen molar-refractivity contribution in [1.82, 2.24) is 15.6 Å². The number of urea groups is 1. The van der Waals surface area contributed by atoms with Gasteiger partial charge in [-0.2, -0.15) is 0 Å². The molecule has 2 amide bonds. The summed E-state index contributed by atoms with van der Waals surface area (Å²) >= 11 is 1.40. The summed E-state index contributed by atoms with van der Waals surface area (Å²) in [7, 11) is 0. The summed E-state index contributed by atoms with van der Waals surface area (Å²) in [6.07, 6.45) is -1.17. The molecular weight excluding hydrogens is 246 g/mol. The molecule has 0 radical (unpaired) electrons. The molecule has 8 heteroatoms. The van der Waals surface area contributed by atoms with Crippen LogP contribution in [0.3, 0.4) is 0 Å². The maximum absolute atomic E-state index is 11.3. The van der Waals surface area contributed by atoms with Crippen molar-refractivity contribution >= 4 is 23.3 Å². The molecule has 0 aromatic carbocycles. The van der Waals surface area contributed by atoms with Crippen LogP contribution in [-0.4, -0.2) is 39.3 Å². The van der Waals surface area contributed by atoms with Crippen molar-refractivity contribution in [2.45, 2.75) is 25.6 Å². The Labute approximate surface area is 101 Å². The van der Waals surface area contributed by atoms with Gasteiger partial charge in [0.05, 0.1) is 23.9 Å². The zero-order valence-corrected chi connectivity index (χ0v) is 9.90. The van der Waals surface area contributed by atoms with Gasteiger partial charge in [-0.25, -0.2) is 14.6 Å². The Hall–Kier alpha value is -1.67. The molecule has 0 fully saturated rings. The SMILES string of the molecule is CC(O)C(NC(=O)NCc1cscn1)C(=O)O. The molecule has 0 aliphatic rings. The van der Waals surface area contributed by atoms with E-state index in [1.807, 2.05) is 0 Å². The summed E-state index contributed by atoms with van der Waals surface area (Å²) < 4.78 is 0. The first-order chi connectivity index (χ1) is 8.00. The van der Waals surface area contributed by atoms with E-state index in [-0.39, 0.29) is 6.54 Å². The summed E-state index contributed by atoms with van der Waals surface area (Å²) in [5.74, 6) is -1.29. The lowest BCUT2D eigenvalue weighted by Gasteiger charge is -2.17. The van der Waals surface area contributed by atoms with Gasteiger partial charge in [0.1, 0.15) is 0 Å². The molecule has 17 heavy (non-hydrogen) atoms. The average molecular weight is 259 g/mol. The minimum Gasteiger partial charge on any atom is -0.480 e. The highest BCUT2D eigenvalue weighted by Crippen LogP contribution is 1.99. The number of nitrogens with zero attached hydrogens (tertiary/aromatic N) is 1. The lowest BCUT2D eigenvalue weighted by atomic mass is 10.2. The van der Waals surface area contributed by atoms with E-state index in [1.54, 1.807) is 10.9 Å². The Balaban J connectivity index is 2.40. The average Bonchev–Trinajstić information content (AvgIpc) is 2.74. The van der Waals surface area contributed by atoms with Crippen LogP contribution in [0.1, 0.15) is 12.6 Å². The predicted octanol–water partition coefficient (Wildman–Crippen LogP) is -0.224. The van der Waals surface area contributed by atoms with Crippen molar-refractivity contribution in [3.05, 3.63) is 16.6 Å². The van der Waals surface area contributed by atoms with Gasteiger partial charge in [0.25, 0.3) is 0 Å². The van der Waals surface area contributed by atoms with Crippen LogP contribution in [0.25, 0.3) is 0 Å². The Morgan fingerprint density at radius 1 is 1.59 bits per heavy atom. The van der Waals surface area contributed by atoms with Gasteiger partial charge >= 0.3 is 12.0 Å². The number of nitrogens with one attached hydrogen (secondary N) is 2. The number of hydrogen-bond acceptors (Lipinski definition) is 5. The number of thiazole rings is 1. The summed E-state index contributed by atoms with van der Waals surface area (Å²) in [4.78, 5) is 26.0. The van der Waals surface area contributed by atoms with Gasteiger partial charge in [-0.15, -0.1) is 11.3 Å². The van der Waals surface area contributed by atoms with Crippen LogP contribution in [0, 0.1) is 0 Å². The summed E-state index contributed by atoms with van der Waals surface area (Å²) in [6, 6.07) is -1.99. The zero-order valence-electron chi connectivity index (χ0n) is 9.08. The number of carboxylic acid groups (broad SMARTS) is 1. The van der Waals surface area contributed by atoms with E-state index in [0.29, 0.717) is 5.69 Å². The molecule has 0 bridgehead atoms. The van der Waals surface area contributed by atoms with E-state index < -0.39 is 24.1 Å². The highest BCUT2D eigenvalue weighted by Gasteiger charge is 2.24. The number of carbonyl (C=O) groups is 2. The van der Waals surface area contributed by atoms with Gasteiger partial charge in [0.2, 0.25) is 0 Å². The molecule has 0 aliphatic heterocycles. The maximum Gasteiger partial charge on any atom is 0.328 e. The highest BCUT2D eigenvalue weighted by molar-refractivity contribution is 7.07. The maximum atomic E-state index is 11.3. The first-order valence-electron chi connectivity index (χ1n) is 4.83. The fourth-order valence-corrected chi connectivity index (χ4v) is 1.64. The first-order valence-corrected chi connectivity index (χ1v) is 5.77. The normalized spacial score (nSPS) is 13.8. The van der Waals surface area contributed by atoms with Crippen molar-refractivity contribution in [2.75, 3.05) is 0 Å². The number of carbonyl (C=O) groups excluding carboxylic acids is 1. The van der Waals surface area contributed by atoms with Crippen LogP contribution in [0.4, 0.5) is 4.79 Å². The molecule has 1 rings (SSSR count). The number of aliphatic hydroxyl groups excluding tert-OH is 1. The fraction of sp³-hybridized carbons (Fsp3) is 0.444. The van der Waals surface area contributed by atoms with Crippen LogP contribution < -0.4 is 10.6 Å². The molecule has 2 unspecified atom stereocenters. The number of rotatable bonds is 5. The highest BCUT2D eigenvalue weighted by atomic mass is 32.1. The van der Waals surface area contributed by atoms with E-state index in [2.05, 4.69) is 15.6 Å². The minimum absolute atomic E-state index is 0.210. The summed E-state index contributed by atoms with van der Waals surface area (Å²) in [5, 5.41) is 24.2. The van der Waals surface area contributed by atoms with Crippen LogP contribution in [0.5, 0.6) is 0 Å². The molecule has 2 atom stereocenters. The van der Waals surface area contributed by atoms with E-state index in [4.69, 9.17) is 10.2 Å². The van der Waals surface area contributed by atoms with Gasteiger partial charge in [-0.1, -0.05) is 0 Å². The van der Waals surface area contributed by atoms with Gasteiger partial charge in [0.15, 0.2) is 6.04 Å². The third-order valence-electron chi connectivity index (χ3n) is 1.95. The van der Waals surface area contributed by atoms with Crippen LogP contribution in [0.2, 0.25) is 0 Å². The topological polar surface area (TPSA) is 112 Å². The van der Waals surface area contributed by atoms with Crippen molar-refractivity contribution in [2.24, 2.45) is 0 Å². The lowest BCUT2D eigenvalue weighted by Crippen LogP contribution is -2.50. The quantitative estimate of drug-likeness (QED) is 0.584. The summed E-state index contributed by atoms with van der Waals surface area (Å²) in [5.41, 5.74) is 2.32. The smallest absolute Gasteiger partial charge is 0.328 e. The number of aliphatic hydroxyl groups is 1. The van der Waals surface area contributed by atoms with Gasteiger partial charge in [0, 0.05) is 5.38 Å². The lowest BCUT2D eigenvalue weighted by molar-refractivity contribution is -0.141. The first kappa shape index (κ1) is 13.4. The molecule has 7 nitrogen and oxygen atoms in total. The summed E-state index contributed by atoms with van der Waals surface area (Å²) in [6.45, 7) is 1.50. The van der Waals surface area contributed by atoms with Crippen LogP contribution in [0.15, 0.2) is 10.9 Å². The van der Waals surface area contributed by atoms with Crippen molar-refractivity contribution in [1.29, 1.82) is 0 Å². The van der Waals surface area contributed by atoms with Crippen molar-refractivity contribution < 1.29 is 19.8 Å². The monoisotopic (exact) mass is 259 g/mol. The second-order valence-electron chi connectivity index (χ2n) is 3.36. The second-order valence-corrected chi connectivity index (χ2v) is 4.08. The van der Waals surface area contributed by atoms with Crippen LogP contribution >= 0.6 is 11.3 Å². The number of aromatic nitrogens is 1. The molecule has 1 heterocycles. The number of hydrogen-bond donors (Lipinski definition) is 4. The Morgan fingerprint density at radius 3 is 2.76 bits per heavy atom. The molecule has 0 spiro atoms. The molecule has 0 aliphatic carbocycles. The standard InChI is InChI=1S/C9H13N3O4S/c1-5(13)7(8(14)15)12-9(16)10-2-6-3-17-4-11-6/h3-5,7,13H,2H2,1H3,(H,14,15)(H2,10,12,16). The Morgan fingerprint density at radius 2 is 2.29 bits per heavy atom. The molecule has 94 valence electrons. The molecule has 0 saturated carbocycles. The van der Waals surface area contributed by atoms with E-state index in [9.17, 15) is 9.59 Å². The number of aliphatic carboxylic acids is 1. The van der Waals surface area contributed by atoms with E-state index >= 15 is 0 Å². The molecule has 0 saturated heterocycles. The number of amides is 2. The van der Waals surface area contributed by atoms with Gasteiger partial charge < -0.3 is 20.8 Å². The van der Waals surface area contributed by atoms with Crippen molar-refractivity contribution in [3.63, 3.8) is 0 Å². The van der Waals surface area contributed by atoms with E-state index in [1.165, 1.54) is 18.3 Å². The number of carboxylic acids is 1. The predicted molar refractivity (Wildman–Crippen MR) is 60.6 cm³/mol. The Kier molecular flexibility index (Phi) is 4.85. The minimum atomic E-state index is -1.33.